The van der Waals surface area contributed by atoms with Crippen LogP contribution in [0.2, 0.25) is 5.02 Å². The minimum absolute atomic E-state index is 0. The molecule has 1 N–H and O–H groups in total. The van der Waals surface area contributed by atoms with E-state index in [2.05, 4.69) is 70.1 Å². The van der Waals surface area contributed by atoms with Gasteiger partial charge in [-0.2, -0.15) is 13.2 Å². The molecular weight excluding hydrogens is 782 g/mol. The third-order valence-electron chi connectivity index (χ3n) is 9.27. The molecule has 0 saturated carbocycles. The average Bonchev–Trinajstić information content (AvgIpc) is 3.11. The predicted molar refractivity (Wildman–Crippen MR) is 220 cm³/mol. The molecular formula is C39H47Cl3F3N5OS2. The van der Waals surface area contributed by atoms with E-state index in [0.29, 0.717) is 18.8 Å². The second-order valence-electron chi connectivity index (χ2n) is 13.2. The van der Waals surface area contributed by atoms with Gasteiger partial charge in [-0.05, 0) is 101 Å². The summed E-state index contributed by atoms with van der Waals surface area (Å²) in [6.07, 6.45) is -2.36. The second-order valence-corrected chi connectivity index (χ2v) is 15.8. The zero-order chi connectivity index (χ0) is 36.0. The minimum Gasteiger partial charge on any atom is -0.395 e. The number of anilines is 4. The molecule has 4 aromatic rings. The number of nitrogens with zero attached hydrogens (tertiary/aromatic N) is 5. The zero-order valence-electron chi connectivity index (χ0n) is 29.9. The first-order chi connectivity index (χ1) is 24.6. The van der Waals surface area contributed by atoms with Gasteiger partial charge in [-0.15, -0.1) is 24.8 Å². The third-order valence-corrected chi connectivity index (χ3v) is 11.8. The van der Waals surface area contributed by atoms with Crippen molar-refractivity contribution < 1.29 is 18.3 Å². The Kier molecular flexibility index (Phi) is 16.4. The highest BCUT2D eigenvalue weighted by Crippen LogP contribution is 2.50. The van der Waals surface area contributed by atoms with Crippen LogP contribution in [0.3, 0.4) is 0 Å². The molecule has 0 aromatic heterocycles. The number of aliphatic hydroxyl groups excluding tert-OH is 1. The fourth-order valence-electron chi connectivity index (χ4n) is 6.67. The van der Waals surface area contributed by atoms with Crippen LogP contribution in [0, 0.1) is 0 Å². The smallest absolute Gasteiger partial charge is 0.395 e. The lowest BCUT2D eigenvalue weighted by molar-refractivity contribution is -0.137. The van der Waals surface area contributed by atoms with Gasteiger partial charge < -0.3 is 24.7 Å². The SMILES string of the molecule is CN(C)CCCN1c2ccccc2Sc2ccc(Cl)cc21.Cl.Cl.OCCN1CCN(CCCN2c3ccccc3Sc3ccc(C(F)(F)F)cc32)CC1. The molecule has 0 amide bonds. The predicted octanol–water partition coefficient (Wildman–Crippen LogP) is 10.0. The van der Waals surface area contributed by atoms with E-state index < -0.39 is 11.7 Å². The quantitative estimate of drug-likeness (QED) is 0.170. The molecule has 3 aliphatic rings. The molecule has 0 radical (unpaired) electrons. The lowest BCUT2D eigenvalue weighted by Gasteiger charge is -2.36. The summed E-state index contributed by atoms with van der Waals surface area (Å²) in [5.41, 5.74) is 3.52. The van der Waals surface area contributed by atoms with Crippen molar-refractivity contribution in [3.63, 3.8) is 0 Å². The number of hydrogen-bond donors (Lipinski definition) is 1. The van der Waals surface area contributed by atoms with Gasteiger partial charge in [0, 0.05) is 70.4 Å². The van der Waals surface area contributed by atoms with Crippen molar-refractivity contribution in [3.05, 3.63) is 95.5 Å². The van der Waals surface area contributed by atoms with E-state index in [-0.39, 0.29) is 31.4 Å². The maximum atomic E-state index is 13.3. The van der Waals surface area contributed by atoms with Crippen LogP contribution in [0.4, 0.5) is 35.9 Å². The van der Waals surface area contributed by atoms with Gasteiger partial charge in [0.25, 0.3) is 0 Å². The van der Waals surface area contributed by atoms with Crippen molar-refractivity contribution in [2.24, 2.45) is 0 Å². The number of para-hydroxylation sites is 2. The first kappa shape index (κ1) is 43.4. The Morgan fingerprint density at radius 1 is 0.642 bits per heavy atom. The molecule has 7 rings (SSSR count). The Morgan fingerprint density at radius 2 is 1.13 bits per heavy atom. The number of benzene rings is 4. The van der Waals surface area contributed by atoms with Crippen LogP contribution in [-0.4, -0.2) is 99.4 Å². The number of alkyl halides is 3. The topological polar surface area (TPSA) is 36.4 Å². The van der Waals surface area contributed by atoms with Crippen molar-refractivity contribution in [3.8, 4) is 0 Å². The summed E-state index contributed by atoms with van der Waals surface area (Å²) < 4.78 is 39.9. The average molecular weight is 829 g/mol. The van der Waals surface area contributed by atoms with Gasteiger partial charge in [0.05, 0.1) is 34.9 Å². The summed E-state index contributed by atoms with van der Waals surface area (Å²) in [7, 11) is 4.23. The molecule has 6 nitrogen and oxygen atoms in total. The summed E-state index contributed by atoms with van der Waals surface area (Å²) in [6.45, 7) is 8.38. The summed E-state index contributed by atoms with van der Waals surface area (Å²) in [6, 6.07) is 26.7. The molecule has 1 fully saturated rings. The molecule has 0 unspecified atom stereocenters. The van der Waals surface area contributed by atoms with Crippen LogP contribution in [0.5, 0.6) is 0 Å². The Labute approximate surface area is 337 Å². The van der Waals surface area contributed by atoms with Crippen LogP contribution >= 0.6 is 59.9 Å². The number of halogens is 6. The standard InChI is InChI=1S/C22H26F3N3OS.C17H19ClN2S.2ClH/c23-22(24,25)17-6-7-21-19(16-17)28(18-4-1-2-5-20(18)30-21)9-3-8-26-10-12-27(13-11-26)14-15-29;1-19(2)10-5-11-20-14-6-3-4-7-16(14)21-17-9-8-13(18)12-15(17)20;;/h1-2,4-7,16,29H,3,8-15H2;3-4,6-9,12H,5,10-11H2,1-2H3;2*1H. The number of piperazine rings is 1. The van der Waals surface area contributed by atoms with Crippen molar-refractivity contribution >= 4 is 82.7 Å². The monoisotopic (exact) mass is 827 g/mol. The lowest BCUT2D eigenvalue weighted by Crippen LogP contribution is -2.47. The zero-order valence-corrected chi connectivity index (χ0v) is 33.9. The molecule has 3 aliphatic heterocycles. The van der Waals surface area contributed by atoms with E-state index >= 15 is 0 Å². The van der Waals surface area contributed by atoms with Crippen LogP contribution in [-0.2, 0) is 6.18 Å². The summed E-state index contributed by atoms with van der Waals surface area (Å²) in [5, 5.41) is 9.86. The normalized spacial score (nSPS) is 15.2. The van der Waals surface area contributed by atoms with Crippen molar-refractivity contribution in [1.82, 2.24) is 14.7 Å². The Hall–Kier alpha value is -2.32. The molecule has 53 heavy (non-hydrogen) atoms. The number of rotatable bonds is 10. The highest BCUT2D eigenvalue weighted by Gasteiger charge is 2.33. The van der Waals surface area contributed by atoms with Gasteiger partial charge in [0.1, 0.15) is 0 Å². The van der Waals surface area contributed by atoms with Crippen LogP contribution in [0.25, 0.3) is 0 Å². The van der Waals surface area contributed by atoms with Gasteiger partial charge in [0.2, 0.25) is 0 Å². The fraction of sp³-hybridized carbons (Fsp3) is 0.385. The molecule has 0 aliphatic carbocycles. The molecule has 0 atom stereocenters. The molecule has 0 spiro atoms. The summed E-state index contributed by atoms with van der Waals surface area (Å²) in [5.74, 6) is 0. The van der Waals surface area contributed by atoms with E-state index in [9.17, 15) is 13.2 Å². The van der Waals surface area contributed by atoms with Crippen LogP contribution in [0.1, 0.15) is 18.4 Å². The molecule has 3 heterocycles. The van der Waals surface area contributed by atoms with Gasteiger partial charge in [0.15, 0.2) is 0 Å². The highest BCUT2D eigenvalue weighted by atomic mass is 35.5. The van der Waals surface area contributed by atoms with Crippen LogP contribution < -0.4 is 9.80 Å². The maximum absolute atomic E-state index is 13.3. The van der Waals surface area contributed by atoms with Crippen molar-refractivity contribution in [2.45, 2.75) is 38.6 Å². The van der Waals surface area contributed by atoms with Crippen LogP contribution in [0.15, 0.2) is 105 Å². The molecule has 1 saturated heterocycles. The second kappa shape index (κ2) is 20.0. The number of fused-ring (bicyclic) bond motifs is 4. The summed E-state index contributed by atoms with van der Waals surface area (Å²) in [4.78, 5) is 15.8. The van der Waals surface area contributed by atoms with Crippen molar-refractivity contribution in [2.75, 3.05) is 89.4 Å². The first-order valence-electron chi connectivity index (χ1n) is 17.4. The minimum atomic E-state index is -4.35. The van der Waals surface area contributed by atoms with E-state index in [1.807, 2.05) is 47.0 Å². The Balaban J connectivity index is 0.000000241. The Morgan fingerprint density at radius 3 is 1.68 bits per heavy atom. The van der Waals surface area contributed by atoms with Gasteiger partial charge in [-0.1, -0.05) is 59.4 Å². The number of β-amino-alcohol motifs (C(OH)–C–C–N with tert-alkyl or cyclic N) is 1. The maximum Gasteiger partial charge on any atom is 0.416 e. The third kappa shape index (κ3) is 11.1. The van der Waals surface area contributed by atoms with Crippen molar-refractivity contribution in [1.29, 1.82) is 0 Å². The number of hydrogen-bond acceptors (Lipinski definition) is 8. The molecule has 4 aromatic carbocycles. The summed E-state index contributed by atoms with van der Waals surface area (Å²) >= 11 is 9.56. The highest BCUT2D eigenvalue weighted by molar-refractivity contribution is 8.00. The van der Waals surface area contributed by atoms with E-state index in [1.165, 1.54) is 45.1 Å². The van der Waals surface area contributed by atoms with E-state index in [4.69, 9.17) is 16.7 Å². The van der Waals surface area contributed by atoms with Gasteiger partial charge in [-0.3, -0.25) is 4.90 Å². The first-order valence-corrected chi connectivity index (χ1v) is 19.4. The Bertz CT molecular complexity index is 1780. The van der Waals surface area contributed by atoms with E-state index in [1.54, 1.807) is 6.07 Å². The van der Waals surface area contributed by atoms with E-state index in [0.717, 1.165) is 79.2 Å². The number of aliphatic hydroxyl groups is 1. The van der Waals surface area contributed by atoms with Gasteiger partial charge >= 0.3 is 6.18 Å². The molecule has 288 valence electrons. The lowest BCUT2D eigenvalue weighted by atomic mass is 10.1. The van der Waals surface area contributed by atoms with Gasteiger partial charge in [-0.25, -0.2) is 0 Å². The largest absolute Gasteiger partial charge is 0.416 e. The molecule has 0 bridgehead atoms. The fourth-order valence-corrected chi connectivity index (χ4v) is 8.98. The molecule has 14 heteroatoms.